The van der Waals surface area contributed by atoms with Gasteiger partial charge in [-0.15, -0.1) is 0 Å². The Kier molecular flexibility index (Phi) is 7.37. The summed E-state index contributed by atoms with van der Waals surface area (Å²) in [6, 6.07) is 21.4. The lowest BCUT2D eigenvalue weighted by atomic mass is 10.0. The molecule has 0 bridgehead atoms. The van der Waals surface area contributed by atoms with Crippen LogP contribution in [0.15, 0.2) is 66.7 Å². The monoisotopic (exact) mass is 456 g/mol. The molecule has 7 heteroatoms. The first-order valence-corrected chi connectivity index (χ1v) is 9.94. The highest BCUT2D eigenvalue weighted by molar-refractivity contribution is 6.42. The van der Waals surface area contributed by atoms with Crippen molar-refractivity contribution < 1.29 is 9.53 Å². The van der Waals surface area contributed by atoms with Gasteiger partial charge in [0.05, 0.1) is 26.7 Å². The molecule has 0 atom stereocenters. The van der Waals surface area contributed by atoms with Gasteiger partial charge in [0.25, 0.3) is 5.91 Å². The standard InChI is InChI=1S/C23H15Cl3N2O2/c24-19-8-7-18(12-20(19)25)28-23(29)14-30-22-9-6-15(11-21(22)26)10-17(13-27)16-4-2-1-3-5-16/h1-12H,14H2,(H,28,29). The zero-order valence-corrected chi connectivity index (χ0v) is 17.8. The SMILES string of the molecule is N#CC(=Cc1ccc(OCC(=O)Nc2ccc(Cl)c(Cl)c2)c(Cl)c1)c1ccccc1. The summed E-state index contributed by atoms with van der Waals surface area (Å²) in [5.74, 6) is -0.0133. The van der Waals surface area contributed by atoms with Gasteiger partial charge in [0.2, 0.25) is 0 Å². The van der Waals surface area contributed by atoms with Crippen LogP contribution < -0.4 is 10.1 Å². The van der Waals surface area contributed by atoms with Crippen LogP contribution in [-0.2, 0) is 4.79 Å². The summed E-state index contributed by atoms with van der Waals surface area (Å²) in [7, 11) is 0. The van der Waals surface area contributed by atoms with Crippen LogP contribution in [0.4, 0.5) is 5.69 Å². The number of hydrogen-bond donors (Lipinski definition) is 1. The summed E-state index contributed by atoms with van der Waals surface area (Å²) >= 11 is 18.1. The van der Waals surface area contributed by atoms with E-state index in [9.17, 15) is 10.1 Å². The first-order valence-electron chi connectivity index (χ1n) is 8.81. The Labute approximate surface area is 189 Å². The molecule has 0 heterocycles. The van der Waals surface area contributed by atoms with Gasteiger partial charge < -0.3 is 10.1 Å². The van der Waals surface area contributed by atoms with E-state index in [1.165, 1.54) is 0 Å². The van der Waals surface area contributed by atoms with Crippen molar-refractivity contribution in [2.24, 2.45) is 0 Å². The number of amides is 1. The minimum Gasteiger partial charge on any atom is -0.482 e. The van der Waals surface area contributed by atoms with Crippen LogP contribution in [0.5, 0.6) is 5.75 Å². The average molecular weight is 458 g/mol. The van der Waals surface area contributed by atoms with E-state index in [0.29, 0.717) is 32.1 Å². The van der Waals surface area contributed by atoms with Crippen molar-refractivity contribution in [3.63, 3.8) is 0 Å². The second-order valence-electron chi connectivity index (χ2n) is 6.19. The van der Waals surface area contributed by atoms with E-state index in [-0.39, 0.29) is 12.5 Å². The summed E-state index contributed by atoms with van der Waals surface area (Å²) in [6.07, 6.45) is 1.74. The highest BCUT2D eigenvalue weighted by atomic mass is 35.5. The number of halogens is 3. The van der Waals surface area contributed by atoms with Crippen LogP contribution in [0.1, 0.15) is 11.1 Å². The molecule has 3 aromatic rings. The molecule has 0 saturated heterocycles. The number of benzene rings is 3. The molecule has 1 amide bonds. The van der Waals surface area contributed by atoms with Crippen molar-refractivity contribution in [1.29, 1.82) is 5.26 Å². The van der Waals surface area contributed by atoms with Crippen LogP contribution in [0.25, 0.3) is 11.6 Å². The number of nitrogens with zero attached hydrogens (tertiary/aromatic N) is 1. The van der Waals surface area contributed by atoms with Crippen LogP contribution in [0, 0.1) is 11.3 Å². The van der Waals surface area contributed by atoms with Gasteiger partial charge in [-0.25, -0.2) is 0 Å². The molecule has 0 radical (unpaired) electrons. The van der Waals surface area contributed by atoms with Gasteiger partial charge in [-0.1, -0.05) is 71.2 Å². The van der Waals surface area contributed by atoms with E-state index in [2.05, 4.69) is 11.4 Å². The van der Waals surface area contributed by atoms with E-state index in [4.69, 9.17) is 39.5 Å². The van der Waals surface area contributed by atoms with Crippen LogP contribution in [-0.4, -0.2) is 12.5 Å². The lowest BCUT2D eigenvalue weighted by molar-refractivity contribution is -0.118. The zero-order valence-electron chi connectivity index (χ0n) is 15.5. The van der Waals surface area contributed by atoms with Crippen molar-refractivity contribution in [2.75, 3.05) is 11.9 Å². The molecule has 3 aromatic carbocycles. The zero-order chi connectivity index (χ0) is 21.5. The Balaban J connectivity index is 1.65. The largest absolute Gasteiger partial charge is 0.482 e. The van der Waals surface area contributed by atoms with E-state index in [1.807, 2.05) is 30.3 Å². The number of nitrogens with one attached hydrogen (secondary N) is 1. The Morgan fingerprint density at radius 3 is 2.40 bits per heavy atom. The van der Waals surface area contributed by atoms with E-state index < -0.39 is 0 Å². The minimum atomic E-state index is -0.371. The summed E-state index contributed by atoms with van der Waals surface area (Å²) in [6.45, 7) is -0.234. The number of ether oxygens (including phenoxy) is 1. The smallest absolute Gasteiger partial charge is 0.262 e. The number of anilines is 1. The number of carbonyl (C=O) groups excluding carboxylic acids is 1. The number of hydrogen-bond acceptors (Lipinski definition) is 3. The van der Waals surface area contributed by atoms with Crippen LogP contribution >= 0.6 is 34.8 Å². The molecule has 0 fully saturated rings. The molecular formula is C23H15Cl3N2O2. The molecule has 0 aromatic heterocycles. The first-order chi connectivity index (χ1) is 14.5. The van der Waals surface area contributed by atoms with E-state index >= 15 is 0 Å². The maximum atomic E-state index is 12.1. The maximum absolute atomic E-state index is 12.1. The Hall–Kier alpha value is -2.97. The predicted octanol–water partition coefficient (Wildman–Crippen LogP) is 6.73. The molecule has 0 aliphatic rings. The highest BCUT2D eigenvalue weighted by Gasteiger charge is 2.09. The quantitative estimate of drug-likeness (QED) is 0.330. The van der Waals surface area contributed by atoms with Gasteiger partial charge in [-0.3, -0.25) is 4.79 Å². The summed E-state index contributed by atoms with van der Waals surface area (Å²) in [5.41, 5.74) is 2.58. The molecule has 0 aliphatic heterocycles. The normalized spacial score (nSPS) is 10.9. The molecule has 3 rings (SSSR count). The fourth-order valence-electron chi connectivity index (χ4n) is 2.60. The van der Waals surface area contributed by atoms with Crippen molar-refractivity contribution in [1.82, 2.24) is 0 Å². The van der Waals surface area contributed by atoms with Crippen molar-refractivity contribution >= 4 is 58.0 Å². The average Bonchev–Trinajstić information content (AvgIpc) is 2.74. The Morgan fingerprint density at radius 2 is 1.73 bits per heavy atom. The van der Waals surface area contributed by atoms with Gasteiger partial charge in [0.15, 0.2) is 6.61 Å². The Bertz CT molecular complexity index is 1140. The van der Waals surface area contributed by atoms with Gasteiger partial charge in [0, 0.05) is 5.69 Å². The third-order valence-corrected chi connectivity index (χ3v) is 5.07. The van der Waals surface area contributed by atoms with Crippen LogP contribution in [0.2, 0.25) is 15.1 Å². The van der Waals surface area contributed by atoms with Gasteiger partial charge in [-0.05, 0) is 47.5 Å². The van der Waals surface area contributed by atoms with Crippen molar-refractivity contribution in [3.05, 3.63) is 92.9 Å². The lowest BCUT2D eigenvalue weighted by Gasteiger charge is -2.10. The summed E-state index contributed by atoms with van der Waals surface area (Å²) < 4.78 is 5.51. The van der Waals surface area contributed by atoms with Gasteiger partial charge >= 0.3 is 0 Å². The molecule has 150 valence electrons. The molecule has 0 aliphatic carbocycles. The topological polar surface area (TPSA) is 62.1 Å². The maximum Gasteiger partial charge on any atom is 0.262 e. The summed E-state index contributed by atoms with van der Waals surface area (Å²) in [4.78, 5) is 12.1. The van der Waals surface area contributed by atoms with Crippen molar-refractivity contribution in [2.45, 2.75) is 0 Å². The number of nitriles is 1. The van der Waals surface area contributed by atoms with Gasteiger partial charge in [0.1, 0.15) is 5.75 Å². The fourth-order valence-corrected chi connectivity index (χ4v) is 3.14. The predicted molar refractivity (Wildman–Crippen MR) is 122 cm³/mol. The molecule has 30 heavy (non-hydrogen) atoms. The number of carbonyl (C=O) groups is 1. The lowest BCUT2D eigenvalue weighted by Crippen LogP contribution is -2.20. The molecule has 0 unspecified atom stereocenters. The molecule has 4 nitrogen and oxygen atoms in total. The summed E-state index contributed by atoms with van der Waals surface area (Å²) in [5, 5.41) is 13.2. The van der Waals surface area contributed by atoms with Crippen molar-refractivity contribution in [3.8, 4) is 11.8 Å². The third-order valence-electron chi connectivity index (χ3n) is 4.03. The molecule has 0 spiro atoms. The first kappa shape index (κ1) is 21.7. The van der Waals surface area contributed by atoms with E-state index in [0.717, 1.165) is 11.1 Å². The molecular weight excluding hydrogens is 443 g/mol. The Morgan fingerprint density at radius 1 is 0.967 bits per heavy atom. The second-order valence-corrected chi connectivity index (χ2v) is 7.41. The second kappa shape index (κ2) is 10.2. The number of allylic oxidation sites excluding steroid dienone is 1. The minimum absolute atomic E-state index is 0.234. The highest BCUT2D eigenvalue weighted by Crippen LogP contribution is 2.28. The van der Waals surface area contributed by atoms with Crippen LogP contribution in [0.3, 0.4) is 0 Å². The fraction of sp³-hybridized carbons (Fsp3) is 0.0435. The number of rotatable bonds is 6. The third kappa shape index (κ3) is 5.77. The van der Waals surface area contributed by atoms with E-state index in [1.54, 1.807) is 42.5 Å². The molecule has 0 saturated carbocycles. The van der Waals surface area contributed by atoms with Gasteiger partial charge in [-0.2, -0.15) is 5.26 Å². The molecule has 1 N–H and O–H groups in total.